The van der Waals surface area contributed by atoms with Crippen LogP contribution in [0.3, 0.4) is 0 Å². The molecular formula is C18H30ClN3O3S. The summed E-state index contributed by atoms with van der Waals surface area (Å²) in [7, 11) is -0.291. The van der Waals surface area contributed by atoms with Crippen LogP contribution in [0.1, 0.15) is 49.4 Å². The minimum atomic E-state index is -3.61. The molecule has 1 aromatic rings. The van der Waals surface area contributed by atoms with Crippen LogP contribution in [0, 0.1) is 0 Å². The lowest BCUT2D eigenvalue weighted by atomic mass is 9.96. The Bertz CT molecular complexity index is 705. The molecular weight excluding hydrogens is 374 g/mol. The minimum absolute atomic E-state index is 0. The molecule has 0 aliphatic heterocycles. The number of carbonyl (C=O) groups excluding carboxylic acids is 1. The van der Waals surface area contributed by atoms with Gasteiger partial charge in [-0.3, -0.25) is 4.79 Å². The highest BCUT2D eigenvalue weighted by Gasteiger charge is 2.29. The van der Waals surface area contributed by atoms with Crippen molar-refractivity contribution < 1.29 is 13.2 Å². The van der Waals surface area contributed by atoms with E-state index in [0.29, 0.717) is 12.1 Å². The number of rotatable bonds is 6. The van der Waals surface area contributed by atoms with Crippen molar-refractivity contribution in [3.8, 4) is 0 Å². The molecule has 1 atom stereocenters. The van der Waals surface area contributed by atoms with Crippen LogP contribution in [0.4, 0.5) is 0 Å². The van der Waals surface area contributed by atoms with Gasteiger partial charge in [-0.2, -0.15) is 4.31 Å². The number of sulfonamides is 1. The lowest BCUT2D eigenvalue weighted by Crippen LogP contribution is -2.40. The second kappa shape index (κ2) is 9.69. The summed E-state index contributed by atoms with van der Waals surface area (Å²) in [6.07, 6.45) is 5.08. The highest BCUT2D eigenvalue weighted by Crippen LogP contribution is 2.27. The van der Waals surface area contributed by atoms with E-state index in [4.69, 9.17) is 5.73 Å². The molecule has 0 aromatic heterocycles. The van der Waals surface area contributed by atoms with Crippen molar-refractivity contribution in [3.05, 3.63) is 29.8 Å². The van der Waals surface area contributed by atoms with Gasteiger partial charge in [-0.1, -0.05) is 25.3 Å². The highest BCUT2D eigenvalue weighted by atomic mass is 35.5. The Hall–Kier alpha value is -1.15. The van der Waals surface area contributed by atoms with Gasteiger partial charge in [0.25, 0.3) is 5.91 Å². The Morgan fingerprint density at radius 2 is 1.85 bits per heavy atom. The van der Waals surface area contributed by atoms with Gasteiger partial charge in [0.05, 0.1) is 4.90 Å². The normalized spacial score (nSPS) is 16.8. The van der Waals surface area contributed by atoms with E-state index in [1.165, 1.54) is 21.7 Å². The predicted molar refractivity (Wildman–Crippen MR) is 106 cm³/mol. The zero-order chi connectivity index (χ0) is 18.6. The van der Waals surface area contributed by atoms with Crippen LogP contribution in [0.2, 0.25) is 0 Å². The fourth-order valence-corrected chi connectivity index (χ4v) is 4.62. The fraction of sp³-hybridized carbons (Fsp3) is 0.611. The van der Waals surface area contributed by atoms with Crippen molar-refractivity contribution in [1.29, 1.82) is 0 Å². The van der Waals surface area contributed by atoms with Gasteiger partial charge in [0.1, 0.15) is 0 Å². The van der Waals surface area contributed by atoms with E-state index in [0.717, 1.165) is 25.7 Å². The molecule has 1 aliphatic rings. The van der Waals surface area contributed by atoms with Gasteiger partial charge in [0.2, 0.25) is 10.0 Å². The summed E-state index contributed by atoms with van der Waals surface area (Å²) >= 11 is 0. The largest absolute Gasteiger partial charge is 0.338 e. The standard InChI is InChI=1S/C18H29N3O3S.ClH/c1-14(13-19)20(2)18(22)15-8-7-11-17(12-15)25(23,24)21(3)16-9-5-4-6-10-16;/h7-8,11-12,14,16H,4-6,9-10,13,19H2,1-3H3;1H. The molecule has 26 heavy (non-hydrogen) atoms. The van der Waals surface area contributed by atoms with E-state index in [1.54, 1.807) is 32.3 Å². The Kier molecular flexibility index (Phi) is 8.53. The maximum Gasteiger partial charge on any atom is 0.253 e. The molecule has 1 amide bonds. The van der Waals surface area contributed by atoms with Crippen LogP contribution in [0.5, 0.6) is 0 Å². The van der Waals surface area contributed by atoms with E-state index < -0.39 is 10.0 Å². The van der Waals surface area contributed by atoms with E-state index in [9.17, 15) is 13.2 Å². The number of hydrogen-bond donors (Lipinski definition) is 1. The molecule has 6 nitrogen and oxygen atoms in total. The summed E-state index contributed by atoms with van der Waals surface area (Å²) in [4.78, 5) is 14.3. The van der Waals surface area contributed by atoms with Gasteiger partial charge in [-0.05, 0) is 38.0 Å². The molecule has 1 fully saturated rings. The zero-order valence-corrected chi connectivity index (χ0v) is 17.4. The molecule has 0 heterocycles. The first-order valence-electron chi connectivity index (χ1n) is 8.84. The third-order valence-corrected chi connectivity index (χ3v) is 7.08. The number of benzene rings is 1. The number of likely N-dealkylation sites (N-methyl/N-ethyl adjacent to an activating group) is 1. The zero-order valence-electron chi connectivity index (χ0n) is 15.7. The maximum absolute atomic E-state index is 12.9. The average Bonchev–Trinajstić information content (AvgIpc) is 2.66. The SMILES string of the molecule is CC(CN)N(C)C(=O)c1cccc(S(=O)(=O)N(C)C2CCCCC2)c1.Cl. The molecule has 2 N–H and O–H groups in total. The minimum Gasteiger partial charge on any atom is -0.338 e. The summed E-state index contributed by atoms with van der Waals surface area (Å²) in [6, 6.07) is 6.21. The summed E-state index contributed by atoms with van der Waals surface area (Å²) in [6.45, 7) is 2.21. The summed E-state index contributed by atoms with van der Waals surface area (Å²) < 4.78 is 27.4. The molecule has 0 saturated heterocycles. The smallest absolute Gasteiger partial charge is 0.253 e. The van der Waals surface area contributed by atoms with Gasteiger partial charge in [-0.15, -0.1) is 12.4 Å². The van der Waals surface area contributed by atoms with Crippen LogP contribution < -0.4 is 5.73 Å². The number of nitrogens with two attached hydrogens (primary N) is 1. The second-order valence-electron chi connectivity index (χ2n) is 6.84. The van der Waals surface area contributed by atoms with Gasteiger partial charge >= 0.3 is 0 Å². The third kappa shape index (κ3) is 4.97. The van der Waals surface area contributed by atoms with Gasteiger partial charge < -0.3 is 10.6 Å². The number of carbonyl (C=O) groups is 1. The predicted octanol–water partition coefficient (Wildman–Crippen LogP) is 2.48. The van der Waals surface area contributed by atoms with E-state index in [-0.39, 0.29) is 35.3 Å². The van der Waals surface area contributed by atoms with Crippen molar-refractivity contribution in [2.45, 2.75) is 56.0 Å². The van der Waals surface area contributed by atoms with Crippen LogP contribution in [-0.4, -0.2) is 56.3 Å². The second-order valence-corrected chi connectivity index (χ2v) is 8.84. The van der Waals surface area contributed by atoms with Crippen molar-refractivity contribution in [2.24, 2.45) is 5.73 Å². The van der Waals surface area contributed by atoms with E-state index in [2.05, 4.69) is 0 Å². The summed E-state index contributed by atoms with van der Waals surface area (Å²) in [5, 5.41) is 0. The van der Waals surface area contributed by atoms with Crippen molar-refractivity contribution in [1.82, 2.24) is 9.21 Å². The number of nitrogens with zero attached hydrogens (tertiary/aromatic N) is 2. The molecule has 1 unspecified atom stereocenters. The molecule has 2 rings (SSSR count). The molecule has 0 bridgehead atoms. The van der Waals surface area contributed by atoms with Gasteiger partial charge in [0, 0.05) is 38.3 Å². The highest BCUT2D eigenvalue weighted by molar-refractivity contribution is 7.89. The van der Waals surface area contributed by atoms with E-state index in [1.807, 2.05) is 6.92 Å². The summed E-state index contributed by atoms with van der Waals surface area (Å²) in [5.74, 6) is -0.227. The fourth-order valence-electron chi connectivity index (χ4n) is 3.16. The first-order valence-corrected chi connectivity index (χ1v) is 10.3. The number of amides is 1. The Morgan fingerprint density at radius 3 is 2.42 bits per heavy atom. The molecule has 1 aliphatic carbocycles. The molecule has 1 saturated carbocycles. The van der Waals surface area contributed by atoms with Crippen LogP contribution in [0.25, 0.3) is 0 Å². The van der Waals surface area contributed by atoms with Gasteiger partial charge in [-0.25, -0.2) is 8.42 Å². The summed E-state index contributed by atoms with van der Waals surface area (Å²) in [5.41, 5.74) is 5.98. The molecule has 0 spiro atoms. The van der Waals surface area contributed by atoms with Crippen molar-refractivity contribution in [3.63, 3.8) is 0 Å². The van der Waals surface area contributed by atoms with Crippen LogP contribution >= 0.6 is 12.4 Å². The van der Waals surface area contributed by atoms with Crippen LogP contribution in [0.15, 0.2) is 29.2 Å². The third-order valence-electron chi connectivity index (χ3n) is 5.17. The quantitative estimate of drug-likeness (QED) is 0.790. The Morgan fingerprint density at radius 1 is 1.23 bits per heavy atom. The molecule has 0 radical (unpaired) electrons. The first-order chi connectivity index (χ1) is 11.8. The van der Waals surface area contributed by atoms with Crippen molar-refractivity contribution in [2.75, 3.05) is 20.6 Å². The molecule has 8 heteroatoms. The monoisotopic (exact) mass is 403 g/mol. The van der Waals surface area contributed by atoms with Crippen LogP contribution in [-0.2, 0) is 10.0 Å². The Balaban J connectivity index is 0.00000338. The lowest BCUT2D eigenvalue weighted by molar-refractivity contribution is 0.0748. The number of halogens is 1. The first kappa shape index (κ1) is 22.9. The lowest BCUT2D eigenvalue weighted by Gasteiger charge is -2.30. The molecule has 148 valence electrons. The van der Waals surface area contributed by atoms with E-state index >= 15 is 0 Å². The topological polar surface area (TPSA) is 83.7 Å². The average molecular weight is 404 g/mol. The number of hydrogen-bond acceptors (Lipinski definition) is 4. The molecule has 1 aromatic carbocycles. The maximum atomic E-state index is 12.9. The Labute approximate surface area is 163 Å². The van der Waals surface area contributed by atoms with Gasteiger partial charge in [0.15, 0.2) is 0 Å². The van der Waals surface area contributed by atoms with Crippen molar-refractivity contribution >= 4 is 28.3 Å².